The van der Waals surface area contributed by atoms with Crippen LogP contribution in [0.3, 0.4) is 0 Å². The van der Waals surface area contributed by atoms with Crippen LogP contribution >= 0.6 is 11.3 Å². The number of benzene rings is 1. The number of rotatable bonds is 5. The van der Waals surface area contributed by atoms with Crippen molar-refractivity contribution in [3.8, 4) is 0 Å². The molecule has 0 saturated carbocycles. The number of piperazine rings is 1. The number of aryl methyl sites for hydroxylation is 2. The Bertz CT molecular complexity index is 1300. The van der Waals surface area contributed by atoms with Crippen LogP contribution in [0, 0.1) is 6.92 Å². The van der Waals surface area contributed by atoms with Crippen molar-refractivity contribution in [2.45, 2.75) is 44.8 Å². The molecular weight excluding hydrogens is 505 g/mol. The molecule has 1 N–H and O–H groups in total. The highest BCUT2D eigenvalue weighted by Crippen LogP contribution is 2.33. The van der Waals surface area contributed by atoms with Gasteiger partial charge in [-0.05, 0) is 43.4 Å². The SMILES string of the molecule is Cc1cc(C(F)(F)F)nn1CC(=O)N1CCN(c2nc(NC(=O)C3CCCc4ccccc43)cs2)CC1. The fourth-order valence-electron chi connectivity index (χ4n) is 4.89. The molecule has 0 bridgehead atoms. The predicted molar refractivity (Wildman–Crippen MR) is 134 cm³/mol. The fourth-order valence-corrected chi connectivity index (χ4v) is 5.70. The molecule has 0 spiro atoms. The number of halogens is 3. The summed E-state index contributed by atoms with van der Waals surface area (Å²) in [7, 11) is 0. The van der Waals surface area contributed by atoms with Crippen LogP contribution in [0.2, 0.25) is 0 Å². The average molecular weight is 533 g/mol. The molecule has 5 rings (SSSR count). The number of nitrogens with one attached hydrogen (secondary N) is 1. The van der Waals surface area contributed by atoms with Gasteiger partial charge in [-0.15, -0.1) is 11.3 Å². The minimum atomic E-state index is -4.54. The lowest BCUT2D eigenvalue weighted by Crippen LogP contribution is -2.49. The molecule has 1 saturated heterocycles. The van der Waals surface area contributed by atoms with Crippen LogP contribution in [0.25, 0.3) is 0 Å². The minimum absolute atomic E-state index is 0.0537. The van der Waals surface area contributed by atoms with Gasteiger partial charge in [0.1, 0.15) is 12.4 Å². The zero-order valence-corrected chi connectivity index (χ0v) is 21.1. The number of hydrogen-bond donors (Lipinski definition) is 1. The molecular formula is C25H27F3N6O2S. The Hall–Kier alpha value is -3.41. The molecule has 0 radical (unpaired) electrons. The van der Waals surface area contributed by atoms with Crippen molar-refractivity contribution < 1.29 is 22.8 Å². The van der Waals surface area contributed by atoms with Gasteiger partial charge in [-0.25, -0.2) is 4.98 Å². The summed E-state index contributed by atoms with van der Waals surface area (Å²) in [5.74, 6) is -0.00193. The first-order chi connectivity index (χ1) is 17.7. The van der Waals surface area contributed by atoms with Crippen molar-refractivity contribution in [2.24, 2.45) is 0 Å². The van der Waals surface area contributed by atoms with E-state index in [-0.39, 0.29) is 30.0 Å². The molecule has 1 aromatic carbocycles. The molecule has 3 heterocycles. The van der Waals surface area contributed by atoms with E-state index in [1.165, 1.54) is 23.8 Å². The van der Waals surface area contributed by atoms with E-state index in [1.54, 1.807) is 4.90 Å². The highest BCUT2D eigenvalue weighted by atomic mass is 32.1. The molecule has 1 atom stereocenters. The van der Waals surface area contributed by atoms with Gasteiger partial charge in [0, 0.05) is 37.3 Å². The molecule has 37 heavy (non-hydrogen) atoms. The van der Waals surface area contributed by atoms with E-state index in [0.717, 1.165) is 40.7 Å². The van der Waals surface area contributed by atoms with Crippen LogP contribution in [0.1, 0.15) is 41.3 Å². The largest absolute Gasteiger partial charge is 0.435 e. The third kappa shape index (κ3) is 5.48. The van der Waals surface area contributed by atoms with Crippen LogP contribution in [-0.4, -0.2) is 57.7 Å². The first-order valence-electron chi connectivity index (χ1n) is 12.2. The number of amides is 2. The first kappa shape index (κ1) is 25.2. The Morgan fingerprint density at radius 3 is 2.65 bits per heavy atom. The minimum Gasteiger partial charge on any atom is -0.344 e. The molecule has 2 aliphatic rings. The van der Waals surface area contributed by atoms with Crippen molar-refractivity contribution in [1.82, 2.24) is 19.7 Å². The average Bonchev–Trinajstić information content (AvgIpc) is 3.50. The molecule has 3 aromatic rings. The predicted octanol–water partition coefficient (Wildman–Crippen LogP) is 4.07. The summed E-state index contributed by atoms with van der Waals surface area (Å²) in [6.45, 7) is 3.18. The van der Waals surface area contributed by atoms with E-state index in [4.69, 9.17) is 0 Å². The maximum absolute atomic E-state index is 13.0. The highest BCUT2D eigenvalue weighted by Gasteiger charge is 2.35. The molecule has 2 aromatic heterocycles. The number of carbonyl (C=O) groups is 2. The first-order valence-corrected chi connectivity index (χ1v) is 13.1. The van der Waals surface area contributed by atoms with E-state index < -0.39 is 11.9 Å². The molecule has 1 fully saturated rings. The van der Waals surface area contributed by atoms with E-state index in [2.05, 4.69) is 21.5 Å². The normalized spacial score (nSPS) is 18.0. The van der Waals surface area contributed by atoms with Gasteiger partial charge >= 0.3 is 6.18 Å². The Kier molecular flexibility index (Phi) is 6.93. The zero-order chi connectivity index (χ0) is 26.2. The second-order valence-corrected chi connectivity index (χ2v) is 10.2. The van der Waals surface area contributed by atoms with E-state index in [9.17, 15) is 22.8 Å². The van der Waals surface area contributed by atoms with Crippen molar-refractivity contribution in [3.05, 3.63) is 58.2 Å². The molecule has 1 aliphatic carbocycles. The summed E-state index contributed by atoms with van der Waals surface area (Å²) >= 11 is 1.43. The van der Waals surface area contributed by atoms with Crippen LogP contribution < -0.4 is 10.2 Å². The fraction of sp³-hybridized carbons (Fsp3) is 0.440. The third-order valence-corrected chi connectivity index (χ3v) is 7.79. The molecule has 196 valence electrons. The summed E-state index contributed by atoms with van der Waals surface area (Å²) in [6, 6.07) is 9.01. The Balaban J connectivity index is 1.15. The van der Waals surface area contributed by atoms with Gasteiger partial charge in [-0.3, -0.25) is 14.3 Å². The standard InChI is InChI=1S/C25H27F3N6O2S/c1-16-13-20(25(26,27)28)31-34(16)14-22(35)32-9-11-33(12-10-32)24-30-21(15-37-24)29-23(36)19-8-4-6-17-5-2-3-7-18(17)19/h2-3,5,7,13,15,19H,4,6,8-12,14H2,1H3,(H,29,36). The smallest absolute Gasteiger partial charge is 0.344 e. The topological polar surface area (TPSA) is 83.4 Å². The number of fused-ring (bicyclic) bond motifs is 1. The lowest BCUT2D eigenvalue weighted by Gasteiger charge is -2.34. The molecule has 1 aliphatic heterocycles. The van der Waals surface area contributed by atoms with E-state index in [0.29, 0.717) is 32.0 Å². The second-order valence-electron chi connectivity index (χ2n) is 9.34. The number of nitrogens with zero attached hydrogens (tertiary/aromatic N) is 5. The second kappa shape index (κ2) is 10.2. The maximum Gasteiger partial charge on any atom is 0.435 e. The lowest BCUT2D eigenvalue weighted by molar-refractivity contribution is -0.142. The number of hydrogen-bond acceptors (Lipinski definition) is 6. The summed E-state index contributed by atoms with van der Waals surface area (Å²) in [5.41, 5.74) is 1.60. The summed E-state index contributed by atoms with van der Waals surface area (Å²) in [4.78, 5) is 33.9. The molecule has 8 nitrogen and oxygen atoms in total. The van der Waals surface area contributed by atoms with Gasteiger partial charge < -0.3 is 15.1 Å². The summed E-state index contributed by atoms with van der Waals surface area (Å²) in [5, 5.41) is 9.08. The number of anilines is 2. The Morgan fingerprint density at radius 1 is 1.16 bits per heavy atom. The van der Waals surface area contributed by atoms with Crippen LogP contribution in [-0.2, 0) is 28.7 Å². The van der Waals surface area contributed by atoms with Gasteiger partial charge in [0.25, 0.3) is 0 Å². The highest BCUT2D eigenvalue weighted by molar-refractivity contribution is 7.14. The maximum atomic E-state index is 13.0. The van der Waals surface area contributed by atoms with Crippen molar-refractivity contribution in [2.75, 3.05) is 36.4 Å². The molecule has 1 unspecified atom stereocenters. The van der Waals surface area contributed by atoms with Gasteiger partial charge in [-0.2, -0.15) is 18.3 Å². The lowest BCUT2D eigenvalue weighted by atomic mass is 9.82. The Morgan fingerprint density at radius 2 is 1.92 bits per heavy atom. The van der Waals surface area contributed by atoms with Crippen molar-refractivity contribution in [1.29, 1.82) is 0 Å². The number of carbonyl (C=O) groups excluding carboxylic acids is 2. The van der Waals surface area contributed by atoms with Crippen molar-refractivity contribution >= 4 is 34.1 Å². The summed E-state index contributed by atoms with van der Waals surface area (Å²) < 4.78 is 39.8. The van der Waals surface area contributed by atoms with Crippen LogP contribution in [0.4, 0.5) is 24.1 Å². The molecule has 2 amide bonds. The molecule has 12 heteroatoms. The van der Waals surface area contributed by atoms with Crippen LogP contribution in [0.5, 0.6) is 0 Å². The number of thiazole rings is 1. The van der Waals surface area contributed by atoms with Gasteiger partial charge in [0.15, 0.2) is 10.8 Å². The zero-order valence-electron chi connectivity index (χ0n) is 20.3. The van der Waals surface area contributed by atoms with Gasteiger partial charge in [0.05, 0.1) is 5.92 Å². The number of aromatic nitrogens is 3. The van der Waals surface area contributed by atoms with Crippen LogP contribution in [0.15, 0.2) is 35.7 Å². The van der Waals surface area contributed by atoms with Gasteiger partial charge in [-0.1, -0.05) is 24.3 Å². The van der Waals surface area contributed by atoms with E-state index in [1.807, 2.05) is 28.5 Å². The number of alkyl halides is 3. The van der Waals surface area contributed by atoms with Gasteiger partial charge in [0.2, 0.25) is 11.8 Å². The Labute approximate surface area is 216 Å². The quantitative estimate of drug-likeness (QED) is 0.536. The van der Waals surface area contributed by atoms with Crippen molar-refractivity contribution in [3.63, 3.8) is 0 Å². The third-order valence-electron chi connectivity index (χ3n) is 6.89. The monoisotopic (exact) mass is 532 g/mol. The van der Waals surface area contributed by atoms with E-state index >= 15 is 0 Å². The summed E-state index contributed by atoms with van der Waals surface area (Å²) in [6.07, 6.45) is -1.77.